The van der Waals surface area contributed by atoms with Gasteiger partial charge in [-0.3, -0.25) is 14.4 Å². The molecule has 0 spiro atoms. The fourth-order valence-corrected chi connectivity index (χ4v) is 3.41. The van der Waals surface area contributed by atoms with E-state index in [1.54, 1.807) is 0 Å². The minimum absolute atomic E-state index is 0.00456. The molecule has 0 aromatic rings. The zero-order valence-electron chi connectivity index (χ0n) is 12.1. The second kappa shape index (κ2) is 5.47. The largest absolute Gasteiger partial charge is 0.469 e. The molecule has 21 heavy (non-hydrogen) atoms. The Morgan fingerprint density at radius 2 is 1.57 bits per heavy atom. The highest BCUT2D eigenvalue weighted by molar-refractivity contribution is 6.04. The first kappa shape index (κ1) is 14.0. The third-order valence-corrected chi connectivity index (χ3v) is 4.36. The van der Waals surface area contributed by atoms with Gasteiger partial charge in [0, 0.05) is 42.7 Å². The topological polar surface area (TPSA) is 69.7 Å². The van der Waals surface area contributed by atoms with Crippen molar-refractivity contribution in [2.75, 3.05) is 7.11 Å². The molecule has 0 fully saturated rings. The van der Waals surface area contributed by atoms with Crippen molar-refractivity contribution in [2.24, 2.45) is 5.92 Å². The number of ether oxygens (including phenoxy) is 2. The molecule has 0 atom stereocenters. The highest BCUT2D eigenvalue weighted by atomic mass is 16.5. The van der Waals surface area contributed by atoms with Gasteiger partial charge in [0.2, 0.25) is 0 Å². The lowest BCUT2D eigenvalue weighted by Gasteiger charge is -2.35. The van der Waals surface area contributed by atoms with Gasteiger partial charge in [-0.05, 0) is 12.8 Å². The number of methoxy groups -OCH3 is 1. The van der Waals surface area contributed by atoms with Crippen molar-refractivity contribution in [1.82, 2.24) is 0 Å². The van der Waals surface area contributed by atoms with Crippen molar-refractivity contribution in [3.63, 3.8) is 0 Å². The van der Waals surface area contributed by atoms with E-state index in [1.807, 2.05) is 0 Å². The van der Waals surface area contributed by atoms with E-state index in [-0.39, 0.29) is 18.0 Å². The van der Waals surface area contributed by atoms with Crippen molar-refractivity contribution in [2.45, 2.75) is 44.9 Å². The van der Waals surface area contributed by atoms with Crippen LogP contribution < -0.4 is 0 Å². The summed E-state index contributed by atoms with van der Waals surface area (Å²) in [5, 5.41) is 0. The first-order valence-corrected chi connectivity index (χ1v) is 7.39. The molecule has 1 heterocycles. The van der Waals surface area contributed by atoms with Crippen molar-refractivity contribution >= 4 is 17.5 Å². The minimum Gasteiger partial charge on any atom is -0.469 e. The first-order chi connectivity index (χ1) is 10.1. The lowest BCUT2D eigenvalue weighted by molar-refractivity contribution is -0.141. The fraction of sp³-hybridized carbons (Fsp3) is 0.562. The fourth-order valence-electron chi connectivity index (χ4n) is 3.41. The lowest BCUT2D eigenvalue weighted by atomic mass is 9.75. The zero-order valence-corrected chi connectivity index (χ0v) is 12.1. The smallest absolute Gasteiger partial charge is 0.306 e. The Morgan fingerprint density at radius 1 is 1.05 bits per heavy atom. The summed E-state index contributed by atoms with van der Waals surface area (Å²) in [5.74, 6) is 0.432. The Hall–Kier alpha value is -1.91. The van der Waals surface area contributed by atoms with Crippen LogP contribution in [0, 0.1) is 5.92 Å². The third-order valence-electron chi connectivity index (χ3n) is 4.36. The zero-order chi connectivity index (χ0) is 15.0. The maximum atomic E-state index is 12.3. The molecule has 0 aromatic carbocycles. The second-order valence-corrected chi connectivity index (χ2v) is 5.66. The molecule has 0 saturated heterocycles. The van der Waals surface area contributed by atoms with Crippen LogP contribution in [0.2, 0.25) is 0 Å². The van der Waals surface area contributed by atoms with Crippen molar-refractivity contribution in [3.8, 4) is 0 Å². The molecule has 2 aliphatic carbocycles. The monoisotopic (exact) mass is 290 g/mol. The van der Waals surface area contributed by atoms with E-state index in [1.165, 1.54) is 7.11 Å². The molecule has 1 aliphatic heterocycles. The summed E-state index contributed by atoms with van der Waals surface area (Å²) in [4.78, 5) is 36.2. The summed E-state index contributed by atoms with van der Waals surface area (Å²) in [6.07, 6.45) is 3.87. The predicted molar refractivity (Wildman–Crippen MR) is 73.0 cm³/mol. The van der Waals surface area contributed by atoms with E-state index in [0.717, 1.165) is 12.8 Å². The van der Waals surface area contributed by atoms with Gasteiger partial charge in [0.25, 0.3) is 0 Å². The van der Waals surface area contributed by atoms with Gasteiger partial charge in [0.05, 0.1) is 13.5 Å². The molecule has 0 N–H and O–H groups in total. The maximum Gasteiger partial charge on any atom is 0.306 e. The van der Waals surface area contributed by atoms with Crippen molar-refractivity contribution < 1.29 is 23.9 Å². The van der Waals surface area contributed by atoms with Gasteiger partial charge in [-0.25, -0.2) is 0 Å². The summed E-state index contributed by atoms with van der Waals surface area (Å²) in [6.45, 7) is 0. The number of hydrogen-bond acceptors (Lipinski definition) is 5. The molecule has 112 valence electrons. The normalized spacial score (nSPS) is 22.7. The van der Waals surface area contributed by atoms with Gasteiger partial charge in [-0.15, -0.1) is 0 Å². The Bertz CT molecular complexity index is 539. The number of esters is 1. The Morgan fingerprint density at radius 3 is 2.05 bits per heavy atom. The van der Waals surface area contributed by atoms with Gasteiger partial charge < -0.3 is 9.47 Å². The van der Waals surface area contributed by atoms with Crippen molar-refractivity contribution in [3.05, 3.63) is 22.7 Å². The van der Waals surface area contributed by atoms with Crippen LogP contribution in [0.15, 0.2) is 22.7 Å². The number of ketones is 2. The van der Waals surface area contributed by atoms with Gasteiger partial charge in [0.15, 0.2) is 11.6 Å². The van der Waals surface area contributed by atoms with Gasteiger partial charge >= 0.3 is 5.97 Å². The molecule has 0 amide bonds. The van der Waals surface area contributed by atoms with E-state index < -0.39 is 11.9 Å². The summed E-state index contributed by atoms with van der Waals surface area (Å²) in [6, 6.07) is 0. The predicted octanol–water partition coefficient (Wildman–Crippen LogP) is 2.21. The molecule has 0 radical (unpaired) electrons. The van der Waals surface area contributed by atoms with Crippen LogP contribution in [-0.2, 0) is 23.9 Å². The third kappa shape index (κ3) is 2.41. The highest BCUT2D eigenvalue weighted by Gasteiger charge is 2.41. The minimum atomic E-state index is -0.475. The van der Waals surface area contributed by atoms with Gasteiger partial charge in [-0.1, -0.05) is 0 Å². The SMILES string of the molecule is COC(=O)CC1C2=C(CCCC2=O)OC2=C1C(=O)CCC2. The van der Waals surface area contributed by atoms with Crippen LogP contribution in [-0.4, -0.2) is 24.6 Å². The number of carbonyl (C=O) groups is 3. The van der Waals surface area contributed by atoms with Crippen LogP contribution in [0.25, 0.3) is 0 Å². The van der Waals surface area contributed by atoms with Gasteiger partial charge in [-0.2, -0.15) is 0 Å². The van der Waals surface area contributed by atoms with E-state index >= 15 is 0 Å². The van der Waals surface area contributed by atoms with Crippen LogP contribution in [0.4, 0.5) is 0 Å². The molecule has 0 saturated carbocycles. The molecule has 0 bridgehead atoms. The summed E-state index contributed by atoms with van der Waals surface area (Å²) >= 11 is 0. The van der Waals surface area contributed by atoms with Crippen LogP contribution in [0.1, 0.15) is 44.9 Å². The average molecular weight is 290 g/mol. The molecule has 0 aromatic heterocycles. The van der Waals surface area contributed by atoms with Crippen LogP contribution in [0.3, 0.4) is 0 Å². The van der Waals surface area contributed by atoms with Crippen LogP contribution in [0.5, 0.6) is 0 Å². The Labute approximate surface area is 123 Å². The average Bonchev–Trinajstić information content (AvgIpc) is 2.46. The number of allylic oxidation sites excluding steroid dienone is 4. The number of hydrogen-bond donors (Lipinski definition) is 0. The standard InChI is InChI=1S/C16H18O5/c1-20-14(19)8-9-15-10(17)4-2-6-12(15)21-13-7-3-5-11(18)16(9)13/h9H,2-8H2,1H3. The Balaban J connectivity index is 2.04. The molecule has 5 nitrogen and oxygen atoms in total. The lowest BCUT2D eigenvalue weighted by Crippen LogP contribution is -2.32. The number of rotatable bonds is 2. The van der Waals surface area contributed by atoms with E-state index in [4.69, 9.17) is 9.47 Å². The Kier molecular flexibility index (Phi) is 3.66. The summed E-state index contributed by atoms with van der Waals surface area (Å²) < 4.78 is 10.6. The summed E-state index contributed by atoms with van der Waals surface area (Å²) in [5.41, 5.74) is 1.06. The maximum absolute atomic E-state index is 12.3. The molecule has 0 unspecified atom stereocenters. The van der Waals surface area contributed by atoms with E-state index in [9.17, 15) is 14.4 Å². The van der Waals surface area contributed by atoms with E-state index in [0.29, 0.717) is 48.3 Å². The van der Waals surface area contributed by atoms with Crippen molar-refractivity contribution in [1.29, 1.82) is 0 Å². The quantitative estimate of drug-likeness (QED) is 0.729. The second-order valence-electron chi connectivity index (χ2n) is 5.66. The molecule has 3 aliphatic rings. The molecule has 3 rings (SSSR count). The number of carbonyl (C=O) groups excluding carboxylic acids is 3. The summed E-state index contributed by atoms with van der Waals surface area (Å²) in [7, 11) is 1.32. The number of Topliss-reactive ketones (excluding diaryl/α,β-unsaturated/α-hetero) is 2. The van der Waals surface area contributed by atoms with E-state index in [2.05, 4.69) is 0 Å². The first-order valence-electron chi connectivity index (χ1n) is 7.39. The molecular formula is C16H18O5. The molecule has 5 heteroatoms. The molecular weight excluding hydrogens is 272 g/mol. The van der Waals surface area contributed by atoms with Crippen LogP contribution >= 0.6 is 0 Å². The highest BCUT2D eigenvalue weighted by Crippen LogP contribution is 2.44. The van der Waals surface area contributed by atoms with Gasteiger partial charge in [0.1, 0.15) is 11.5 Å².